The van der Waals surface area contributed by atoms with E-state index in [0.717, 1.165) is 12.5 Å². The highest BCUT2D eigenvalue weighted by molar-refractivity contribution is 7.92. The Balaban J connectivity index is 2.06. The van der Waals surface area contributed by atoms with Crippen LogP contribution in [0.1, 0.15) is 41.5 Å². The first-order valence-corrected chi connectivity index (χ1v) is 16.6. The molecule has 43 heavy (non-hydrogen) atoms. The Bertz CT molecular complexity index is 1960. The molecule has 0 bridgehead atoms. The van der Waals surface area contributed by atoms with E-state index in [0.29, 0.717) is 5.56 Å². The molecule has 1 heterocycles. The van der Waals surface area contributed by atoms with E-state index in [1.54, 1.807) is 20.8 Å². The van der Waals surface area contributed by atoms with E-state index in [-0.39, 0.29) is 50.4 Å². The molecule has 4 N–H and O–H groups in total. The molecule has 0 aliphatic heterocycles. The first-order chi connectivity index (χ1) is 19.8. The minimum Gasteiger partial charge on any atom is -0.455 e. The predicted molar refractivity (Wildman–Crippen MR) is 165 cm³/mol. The van der Waals surface area contributed by atoms with E-state index in [4.69, 9.17) is 4.42 Å². The maximum absolute atomic E-state index is 13.7. The summed E-state index contributed by atoms with van der Waals surface area (Å²) in [5.74, 6) is -1.39. The van der Waals surface area contributed by atoms with Crippen molar-refractivity contribution >= 4 is 54.2 Å². The minimum atomic E-state index is -3.85. The van der Waals surface area contributed by atoms with Crippen molar-refractivity contribution in [3.63, 3.8) is 0 Å². The molecule has 14 heteroatoms. The standard InChI is InChI=1S/C29H31FN4O7S2/c1-29(2,3)32-27(35)18-11-17(12-20(13-18)33-42(5,37)38)21-14-22-24(15-23(21)34-43(6,39)40)41-26(25(22)28(36)31-4)16-7-9-19(30)10-8-16/h7-15,33-34H,1-6H3,(H,31,36)(H,32,35). The van der Waals surface area contributed by atoms with Gasteiger partial charge in [0.05, 0.1) is 23.8 Å². The number of sulfonamides is 2. The van der Waals surface area contributed by atoms with Crippen LogP contribution in [0.3, 0.4) is 0 Å². The van der Waals surface area contributed by atoms with Gasteiger partial charge in [0, 0.05) is 46.4 Å². The van der Waals surface area contributed by atoms with Gasteiger partial charge in [-0.15, -0.1) is 0 Å². The van der Waals surface area contributed by atoms with Gasteiger partial charge in [-0.05, 0) is 74.9 Å². The second-order valence-electron chi connectivity index (χ2n) is 11.0. The normalized spacial score (nSPS) is 12.2. The molecule has 228 valence electrons. The molecule has 0 atom stereocenters. The van der Waals surface area contributed by atoms with E-state index < -0.39 is 43.2 Å². The molecular weight excluding hydrogens is 599 g/mol. The van der Waals surface area contributed by atoms with E-state index in [9.17, 15) is 30.8 Å². The number of nitrogens with one attached hydrogen (secondary N) is 4. The Labute approximate surface area is 249 Å². The van der Waals surface area contributed by atoms with Crippen molar-refractivity contribution in [2.24, 2.45) is 0 Å². The quantitative estimate of drug-likeness (QED) is 0.222. The first-order valence-electron chi connectivity index (χ1n) is 12.9. The zero-order chi connectivity index (χ0) is 31.9. The number of rotatable bonds is 8. The average Bonchev–Trinajstić information content (AvgIpc) is 3.23. The fourth-order valence-corrected chi connectivity index (χ4v) is 5.54. The van der Waals surface area contributed by atoms with Crippen LogP contribution in [0.15, 0.2) is 59.0 Å². The highest BCUT2D eigenvalue weighted by Crippen LogP contribution is 2.41. The van der Waals surface area contributed by atoms with Crippen LogP contribution >= 0.6 is 0 Å². The fourth-order valence-electron chi connectivity index (χ4n) is 4.42. The van der Waals surface area contributed by atoms with Gasteiger partial charge in [-0.1, -0.05) is 0 Å². The average molecular weight is 631 g/mol. The number of benzene rings is 3. The van der Waals surface area contributed by atoms with Crippen LogP contribution in [0.25, 0.3) is 33.4 Å². The Morgan fingerprint density at radius 3 is 2.00 bits per heavy atom. The summed E-state index contributed by atoms with van der Waals surface area (Å²) < 4.78 is 73.5. The Kier molecular flexibility index (Phi) is 8.31. The summed E-state index contributed by atoms with van der Waals surface area (Å²) in [6, 6.07) is 12.5. The van der Waals surface area contributed by atoms with Crippen LogP contribution in [0.5, 0.6) is 0 Å². The SMILES string of the molecule is CNC(=O)c1c(-c2ccc(F)cc2)oc2cc(NS(C)(=O)=O)c(-c3cc(NS(C)(=O)=O)cc(C(=O)NC(C)(C)C)c3)cc12. The monoisotopic (exact) mass is 630 g/mol. The zero-order valence-corrected chi connectivity index (χ0v) is 25.9. The number of hydrogen-bond donors (Lipinski definition) is 4. The van der Waals surface area contributed by atoms with Crippen LogP contribution < -0.4 is 20.1 Å². The molecule has 4 rings (SSSR count). The zero-order valence-electron chi connectivity index (χ0n) is 24.2. The number of anilines is 2. The largest absolute Gasteiger partial charge is 0.455 e. The lowest BCUT2D eigenvalue weighted by atomic mass is 9.96. The molecule has 0 spiro atoms. The molecule has 11 nitrogen and oxygen atoms in total. The number of furan rings is 1. The molecule has 0 aliphatic rings. The molecule has 2 amide bonds. The first kappa shape index (κ1) is 31.5. The third-order valence-electron chi connectivity index (χ3n) is 5.98. The van der Waals surface area contributed by atoms with Gasteiger partial charge in [0.15, 0.2) is 0 Å². The summed E-state index contributed by atoms with van der Waals surface area (Å²) in [6.45, 7) is 5.35. The topological polar surface area (TPSA) is 164 Å². The third-order valence-corrected chi connectivity index (χ3v) is 7.18. The lowest BCUT2D eigenvalue weighted by Gasteiger charge is -2.21. The molecule has 0 radical (unpaired) electrons. The van der Waals surface area contributed by atoms with Crippen LogP contribution in [0.4, 0.5) is 15.8 Å². The van der Waals surface area contributed by atoms with E-state index in [1.807, 2.05) is 0 Å². The van der Waals surface area contributed by atoms with E-state index in [2.05, 4.69) is 20.1 Å². The Hall–Kier alpha value is -4.43. The number of carbonyl (C=O) groups excluding carboxylic acids is 2. The number of carbonyl (C=O) groups is 2. The number of halogens is 1. The lowest BCUT2D eigenvalue weighted by molar-refractivity contribution is 0.0918. The number of hydrogen-bond acceptors (Lipinski definition) is 7. The van der Waals surface area contributed by atoms with Crippen molar-refractivity contribution in [1.29, 1.82) is 0 Å². The van der Waals surface area contributed by atoms with Crippen molar-refractivity contribution in [2.75, 3.05) is 29.0 Å². The van der Waals surface area contributed by atoms with Gasteiger partial charge in [0.2, 0.25) is 20.0 Å². The maximum atomic E-state index is 13.7. The van der Waals surface area contributed by atoms with Gasteiger partial charge in [0.25, 0.3) is 11.8 Å². The summed E-state index contributed by atoms with van der Waals surface area (Å²) in [5, 5.41) is 5.67. The molecule has 1 aromatic heterocycles. The number of amides is 2. The van der Waals surface area contributed by atoms with Gasteiger partial charge >= 0.3 is 0 Å². The summed E-state index contributed by atoms with van der Waals surface area (Å²) in [4.78, 5) is 26.3. The molecule has 0 aliphatic carbocycles. The van der Waals surface area contributed by atoms with Gasteiger partial charge in [0.1, 0.15) is 17.2 Å². The molecular formula is C29H31FN4O7S2. The smallest absolute Gasteiger partial charge is 0.255 e. The molecule has 0 saturated carbocycles. The Morgan fingerprint density at radius 1 is 0.814 bits per heavy atom. The molecule has 4 aromatic rings. The number of fused-ring (bicyclic) bond motifs is 1. The lowest BCUT2D eigenvalue weighted by Crippen LogP contribution is -2.40. The highest BCUT2D eigenvalue weighted by atomic mass is 32.2. The third kappa shape index (κ3) is 7.70. The fraction of sp³-hybridized carbons (Fsp3) is 0.241. The summed E-state index contributed by atoms with van der Waals surface area (Å²) >= 11 is 0. The second kappa shape index (κ2) is 11.3. The van der Waals surface area contributed by atoms with Crippen LogP contribution in [0.2, 0.25) is 0 Å². The summed E-state index contributed by atoms with van der Waals surface area (Å²) in [7, 11) is -6.19. The maximum Gasteiger partial charge on any atom is 0.255 e. The molecule has 0 fully saturated rings. The van der Waals surface area contributed by atoms with Gasteiger partial charge in [-0.2, -0.15) is 0 Å². The van der Waals surface area contributed by atoms with Crippen LogP contribution in [0, 0.1) is 5.82 Å². The Morgan fingerprint density at radius 2 is 1.44 bits per heavy atom. The van der Waals surface area contributed by atoms with Crippen molar-refractivity contribution in [3.8, 4) is 22.5 Å². The van der Waals surface area contributed by atoms with Crippen molar-refractivity contribution < 1.29 is 35.2 Å². The van der Waals surface area contributed by atoms with Gasteiger partial charge < -0.3 is 15.1 Å². The van der Waals surface area contributed by atoms with Crippen LogP contribution in [-0.2, 0) is 20.0 Å². The van der Waals surface area contributed by atoms with Gasteiger partial charge in [-0.3, -0.25) is 19.0 Å². The van der Waals surface area contributed by atoms with Crippen LogP contribution in [-0.4, -0.2) is 53.7 Å². The highest BCUT2D eigenvalue weighted by Gasteiger charge is 2.25. The van der Waals surface area contributed by atoms with E-state index >= 15 is 0 Å². The van der Waals surface area contributed by atoms with Crippen molar-refractivity contribution in [2.45, 2.75) is 26.3 Å². The van der Waals surface area contributed by atoms with E-state index in [1.165, 1.54) is 61.6 Å². The second-order valence-corrected chi connectivity index (χ2v) is 14.5. The van der Waals surface area contributed by atoms with Crippen molar-refractivity contribution in [3.05, 3.63) is 71.5 Å². The predicted octanol–water partition coefficient (Wildman–Crippen LogP) is 4.54. The minimum absolute atomic E-state index is 0.0385. The van der Waals surface area contributed by atoms with Gasteiger partial charge in [-0.25, -0.2) is 21.2 Å². The molecule has 0 unspecified atom stereocenters. The molecule has 3 aromatic carbocycles. The summed E-state index contributed by atoms with van der Waals surface area (Å²) in [6.07, 6.45) is 1.90. The van der Waals surface area contributed by atoms with Crippen molar-refractivity contribution in [1.82, 2.24) is 10.6 Å². The molecule has 0 saturated heterocycles. The summed E-state index contributed by atoms with van der Waals surface area (Å²) in [5.41, 5.74) is 0.688.